The van der Waals surface area contributed by atoms with Crippen LogP contribution in [0.5, 0.6) is 0 Å². The third-order valence-corrected chi connectivity index (χ3v) is 3.53. The van der Waals surface area contributed by atoms with E-state index in [9.17, 15) is 9.59 Å². The van der Waals surface area contributed by atoms with Gasteiger partial charge in [-0.2, -0.15) is 0 Å². The van der Waals surface area contributed by atoms with Gasteiger partial charge in [-0.1, -0.05) is 11.3 Å². The van der Waals surface area contributed by atoms with Gasteiger partial charge in [0.1, 0.15) is 0 Å². The van der Waals surface area contributed by atoms with E-state index in [0.29, 0.717) is 10.0 Å². The van der Waals surface area contributed by atoms with E-state index >= 15 is 0 Å². The van der Waals surface area contributed by atoms with E-state index in [0.717, 1.165) is 19.5 Å². The molecule has 2 rings (SSSR count). The summed E-state index contributed by atoms with van der Waals surface area (Å²) >= 11 is 1.22. The highest BCUT2D eigenvalue weighted by atomic mass is 32.1. The standard InChI is InChI=1S/C10H13N3O2S/c1-6(14)8-5-12-10(16-8)13-9(15)7-2-3-11-4-7/h5,7,11H,2-4H2,1H3,(H,12,13,15). The summed E-state index contributed by atoms with van der Waals surface area (Å²) in [7, 11) is 0. The average Bonchev–Trinajstić information content (AvgIpc) is 2.87. The van der Waals surface area contributed by atoms with E-state index < -0.39 is 0 Å². The van der Waals surface area contributed by atoms with E-state index in [-0.39, 0.29) is 17.6 Å². The Morgan fingerprint density at radius 1 is 1.62 bits per heavy atom. The van der Waals surface area contributed by atoms with Gasteiger partial charge in [0.05, 0.1) is 17.0 Å². The van der Waals surface area contributed by atoms with Crippen LogP contribution in [0.25, 0.3) is 0 Å². The summed E-state index contributed by atoms with van der Waals surface area (Å²) in [6.07, 6.45) is 2.35. The van der Waals surface area contributed by atoms with Gasteiger partial charge in [-0.3, -0.25) is 9.59 Å². The fraction of sp³-hybridized carbons (Fsp3) is 0.500. The third-order valence-electron chi connectivity index (χ3n) is 2.51. The Bertz CT molecular complexity index is 410. The average molecular weight is 239 g/mol. The highest BCUT2D eigenvalue weighted by Gasteiger charge is 2.23. The quantitative estimate of drug-likeness (QED) is 0.769. The Morgan fingerprint density at radius 3 is 3.00 bits per heavy atom. The number of anilines is 1. The molecule has 2 heterocycles. The second kappa shape index (κ2) is 4.71. The zero-order valence-corrected chi connectivity index (χ0v) is 9.76. The molecule has 1 unspecified atom stereocenters. The van der Waals surface area contributed by atoms with E-state index in [4.69, 9.17) is 0 Å². The predicted molar refractivity (Wildman–Crippen MR) is 61.7 cm³/mol. The second-order valence-electron chi connectivity index (χ2n) is 3.76. The zero-order chi connectivity index (χ0) is 11.5. The molecule has 0 bridgehead atoms. The molecule has 86 valence electrons. The fourth-order valence-corrected chi connectivity index (χ4v) is 2.30. The normalized spacial score (nSPS) is 19.7. The lowest BCUT2D eigenvalue weighted by atomic mass is 10.1. The molecule has 6 heteroatoms. The van der Waals surface area contributed by atoms with Crippen molar-refractivity contribution in [1.82, 2.24) is 10.3 Å². The minimum Gasteiger partial charge on any atom is -0.316 e. The van der Waals surface area contributed by atoms with Gasteiger partial charge in [-0.25, -0.2) is 4.98 Å². The van der Waals surface area contributed by atoms with E-state index in [1.54, 1.807) is 0 Å². The molecule has 0 radical (unpaired) electrons. The van der Waals surface area contributed by atoms with Crippen molar-refractivity contribution in [2.75, 3.05) is 18.4 Å². The van der Waals surface area contributed by atoms with Gasteiger partial charge in [-0.15, -0.1) is 0 Å². The number of nitrogens with one attached hydrogen (secondary N) is 2. The summed E-state index contributed by atoms with van der Waals surface area (Å²) in [6.45, 7) is 3.09. The summed E-state index contributed by atoms with van der Waals surface area (Å²) in [5.74, 6) is -0.0281. The largest absolute Gasteiger partial charge is 0.316 e. The van der Waals surface area contributed by atoms with Crippen LogP contribution in [0.1, 0.15) is 23.0 Å². The Hall–Kier alpha value is -1.27. The second-order valence-corrected chi connectivity index (χ2v) is 4.80. The summed E-state index contributed by atoms with van der Waals surface area (Å²) in [5, 5.41) is 6.37. The SMILES string of the molecule is CC(=O)c1cnc(NC(=O)C2CCNC2)s1. The number of Topliss-reactive ketones (excluding diaryl/α,β-unsaturated/α-hetero) is 1. The number of ketones is 1. The molecule has 0 spiro atoms. The van der Waals surface area contributed by atoms with E-state index in [1.807, 2.05) is 0 Å². The lowest BCUT2D eigenvalue weighted by Gasteiger charge is -2.06. The molecular formula is C10H13N3O2S. The van der Waals surface area contributed by atoms with E-state index in [1.165, 1.54) is 24.5 Å². The van der Waals surface area contributed by atoms with E-state index in [2.05, 4.69) is 15.6 Å². The number of hydrogen-bond acceptors (Lipinski definition) is 5. The highest BCUT2D eigenvalue weighted by molar-refractivity contribution is 7.17. The molecule has 0 aromatic carbocycles. The molecular weight excluding hydrogens is 226 g/mol. The van der Waals surface area contributed by atoms with Gasteiger partial charge >= 0.3 is 0 Å². The van der Waals surface area contributed by atoms with Crippen LogP contribution in [-0.4, -0.2) is 29.8 Å². The third kappa shape index (κ3) is 2.45. The summed E-state index contributed by atoms with van der Waals surface area (Å²) < 4.78 is 0. The predicted octanol–water partition coefficient (Wildman–Crippen LogP) is 0.894. The Balaban J connectivity index is 1.97. The lowest BCUT2D eigenvalue weighted by Crippen LogP contribution is -2.24. The minimum absolute atomic E-state index is 0.0182. The first-order valence-corrected chi connectivity index (χ1v) is 5.97. The number of thiazole rings is 1. The lowest BCUT2D eigenvalue weighted by molar-refractivity contribution is -0.119. The molecule has 0 aliphatic carbocycles. The molecule has 5 nitrogen and oxygen atoms in total. The molecule has 1 atom stereocenters. The van der Waals surface area contributed by atoms with Gasteiger partial charge < -0.3 is 10.6 Å². The highest BCUT2D eigenvalue weighted by Crippen LogP contribution is 2.20. The number of amides is 1. The van der Waals surface area contributed by atoms with Gasteiger partial charge in [0.2, 0.25) is 5.91 Å². The van der Waals surface area contributed by atoms with Gasteiger partial charge in [0.25, 0.3) is 0 Å². The molecule has 1 aromatic rings. The van der Waals surface area contributed by atoms with Crippen LogP contribution in [0.15, 0.2) is 6.20 Å². The Morgan fingerprint density at radius 2 is 2.44 bits per heavy atom. The molecule has 1 aromatic heterocycles. The van der Waals surface area contributed by atoms with Crippen molar-refractivity contribution in [2.45, 2.75) is 13.3 Å². The summed E-state index contributed by atoms with van der Waals surface area (Å²) in [4.78, 5) is 27.3. The van der Waals surface area contributed by atoms with Crippen molar-refractivity contribution in [3.8, 4) is 0 Å². The maximum Gasteiger partial charge on any atom is 0.230 e. The monoisotopic (exact) mass is 239 g/mol. The number of hydrogen-bond donors (Lipinski definition) is 2. The molecule has 1 aliphatic rings. The Labute approximate surface area is 97.3 Å². The van der Waals surface area contributed by atoms with Crippen LogP contribution in [0.4, 0.5) is 5.13 Å². The zero-order valence-electron chi connectivity index (χ0n) is 8.95. The summed E-state index contributed by atoms with van der Waals surface area (Å²) in [6, 6.07) is 0. The van der Waals surface area contributed by atoms with Gasteiger partial charge in [0.15, 0.2) is 10.9 Å². The Kier molecular flexibility index (Phi) is 3.31. The molecule has 16 heavy (non-hydrogen) atoms. The molecule has 0 saturated carbocycles. The fourth-order valence-electron chi connectivity index (χ4n) is 1.58. The first-order valence-electron chi connectivity index (χ1n) is 5.15. The molecule has 1 aliphatic heterocycles. The number of rotatable bonds is 3. The van der Waals surface area contributed by atoms with Crippen molar-refractivity contribution < 1.29 is 9.59 Å². The maximum absolute atomic E-state index is 11.7. The van der Waals surface area contributed by atoms with Gasteiger partial charge in [-0.05, 0) is 13.0 Å². The number of aromatic nitrogens is 1. The molecule has 2 N–H and O–H groups in total. The molecule has 1 amide bonds. The number of nitrogens with zero attached hydrogens (tertiary/aromatic N) is 1. The molecule has 1 fully saturated rings. The van der Waals surface area contributed by atoms with Gasteiger partial charge in [0, 0.05) is 13.5 Å². The van der Waals surface area contributed by atoms with Crippen molar-refractivity contribution in [3.05, 3.63) is 11.1 Å². The van der Waals surface area contributed by atoms with Crippen LogP contribution >= 0.6 is 11.3 Å². The van der Waals surface area contributed by atoms with Crippen molar-refractivity contribution in [1.29, 1.82) is 0 Å². The smallest absolute Gasteiger partial charge is 0.230 e. The van der Waals surface area contributed by atoms with Crippen LogP contribution in [0.3, 0.4) is 0 Å². The number of carbonyl (C=O) groups excluding carboxylic acids is 2. The van der Waals surface area contributed by atoms with Crippen LogP contribution in [0, 0.1) is 5.92 Å². The summed E-state index contributed by atoms with van der Waals surface area (Å²) in [5.41, 5.74) is 0. The maximum atomic E-state index is 11.7. The topological polar surface area (TPSA) is 71.1 Å². The van der Waals surface area contributed by atoms with Crippen molar-refractivity contribution in [3.63, 3.8) is 0 Å². The van der Waals surface area contributed by atoms with Crippen molar-refractivity contribution >= 4 is 28.2 Å². The first-order chi connectivity index (χ1) is 7.66. The first kappa shape index (κ1) is 11.2. The van der Waals surface area contributed by atoms with Crippen molar-refractivity contribution in [2.24, 2.45) is 5.92 Å². The number of carbonyl (C=O) groups is 2. The van der Waals surface area contributed by atoms with Crippen LogP contribution in [-0.2, 0) is 4.79 Å². The van der Waals surface area contributed by atoms with Crippen LogP contribution < -0.4 is 10.6 Å². The van der Waals surface area contributed by atoms with Crippen LogP contribution in [0.2, 0.25) is 0 Å². The minimum atomic E-state index is -0.0273. The molecule has 1 saturated heterocycles.